The minimum atomic E-state index is 0.117. The highest BCUT2D eigenvalue weighted by atomic mass is 16.5. The van der Waals surface area contributed by atoms with Crippen LogP contribution in [0.5, 0.6) is 5.88 Å². The lowest BCUT2D eigenvalue weighted by Gasteiger charge is -2.24. The highest BCUT2D eigenvalue weighted by Crippen LogP contribution is 2.16. The summed E-state index contributed by atoms with van der Waals surface area (Å²) < 4.78 is 5.60. The summed E-state index contributed by atoms with van der Waals surface area (Å²) in [5, 5.41) is 3.48. The van der Waals surface area contributed by atoms with Crippen molar-refractivity contribution in [3.05, 3.63) is 12.4 Å². The van der Waals surface area contributed by atoms with Crippen LogP contribution in [0, 0.1) is 5.92 Å². The first-order valence-corrected chi connectivity index (χ1v) is 7.26. The van der Waals surface area contributed by atoms with Gasteiger partial charge in [-0.05, 0) is 40.3 Å². The Hall–Kier alpha value is -1.36. The summed E-state index contributed by atoms with van der Waals surface area (Å²) in [5.74, 6) is 2.08. The zero-order valence-corrected chi connectivity index (χ0v) is 13.6. The third-order valence-corrected chi connectivity index (χ3v) is 2.69. The second kappa shape index (κ2) is 8.04. The van der Waals surface area contributed by atoms with Gasteiger partial charge in [0.2, 0.25) is 5.88 Å². The van der Waals surface area contributed by atoms with Gasteiger partial charge in [-0.2, -0.15) is 0 Å². The molecule has 0 radical (unpaired) electrons. The van der Waals surface area contributed by atoms with Gasteiger partial charge in [0.15, 0.2) is 0 Å². The molecule has 1 heterocycles. The molecule has 1 rings (SSSR count). The van der Waals surface area contributed by atoms with Crippen LogP contribution in [0.15, 0.2) is 12.4 Å². The van der Waals surface area contributed by atoms with E-state index in [0.29, 0.717) is 17.8 Å². The number of ether oxygens (including phenoxy) is 1. The van der Waals surface area contributed by atoms with E-state index in [4.69, 9.17) is 4.74 Å². The zero-order valence-electron chi connectivity index (χ0n) is 13.6. The van der Waals surface area contributed by atoms with Crippen molar-refractivity contribution in [1.82, 2.24) is 14.9 Å². The Labute approximate surface area is 122 Å². The molecule has 1 atom stereocenters. The average molecular weight is 280 g/mol. The molecule has 1 unspecified atom stereocenters. The van der Waals surface area contributed by atoms with Crippen LogP contribution >= 0.6 is 0 Å². The molecule has 0 aromatic carbocycles. The summed E-state index contributed by atoms with van der Waals surface area (Å²) in [4.78, 5) is 10.6. The highest BCUT2D eigenvalue weighted by Gasteiger charge is 2.13. The first-order valence-electron chi connectivity index (χ1n) is 7.26. The molecule has 1 aromatic heterocycles. The van der Waals surface area contributed by atoms with E-state index in [1.165, 1.54) is 0 Å². The van der Waals surface area contributed by atoms with Gasteiger partial charge in [0, 0.05) is 18.7 Å². The molecule has 0 aliphatic rings. The first-order chi connectivity index (χ1) is 9.36. The number of rotatable bonds is 8. The van der Waals surface area contributed by atoms with E-state index in [-0.39, 0.29) is 6.10 Å². The Morgan fingerprint density at radius 3 is 2.45 bits per heavy atom. The quantitative estimate of drug-likeness (QED) is 0.793. The van der Waals surface area contributed by atoms with Gasteiger partial charge < -0.3 is 15.0 Å². The number of hydrogen-bond acceptors (Lipinski definition) is 5. The van der Waals surface area contributed by atoms with E-state index in [0.717, 1.165) is 18.8 Å². The summed E-state index contributed by atoms with van der Waals surface area (Å²) in [6.45, 7) is 9.42. The monoisotopic (exact) mass is 280 g/mol. The lowest BCUT2D eigenvalue weighted by atomic mass is 10.0. The summed E-state index contributed by atoms with van der Waals surface area (Å²) >= 11 is 0. The summed E-state index contributed by atoms with van der Waals surface area (Å²) in [7, 11) is 4.17. The molecular weight excluding hydrogens is 252 g/mol. The van der Waals surface area contributed by atoms with Crippen molar-refractivity contribution in [3.63, 3.8) is 0 Å². The summed E-state index contributed by atoms with van der Waals surface area (Å²) in [6.07, 6.45) is 2.76. The number of likely N-dealkylation sites (N-methyl/N-ethyl adjacent to an activating group) is 1. The molecule has 0 saturated carbocycles. The topological polar surface area (TPSA) is 50.3 Å². The molecule has 0 bridgehead atoms. The maximum absolute atomic E-state index is 5.60. The fraction of sp³-hybridized carbons (Fsp3) is 0.733. The molecule has 0 fully saturated rings. The lowest BCUT2D eigenvalue weighted by molar-refractivity contribution is 0.232. The number of hydrogen-bond donors (Lipinski definition) is 1. The maximum Gasteiger partial charge on any atom is 0.218 e. The van der Waals surface area contributed by atoms with Crippen molar-refractivity contribution >= 4 is 5.82 Å². The molecule has 1 aromatic rings. The van der Waals surface area contributed by atoms with E-state index >= 15 is 0 Å². The molecular formula is C15H28N4O. The molecule has 1 N–H and O–H groups in total. The Kier molecular flexibility index (Phi) is 6.71. The second-order valence-corrected chi connectivity index (χ2v) is 6.14. The van der Waals surface area contributed by atoms with Gasteiger partial charge in [0.05, 0.1) is 6.10 Å². The van der Waals surface area contributed by atoms with Crippen LogP contribution in [0.1, 0.15) is 34.1 Å². The van der Waals surface area contributed by atoms with Crippen LogP contribution in [0.3, 0.4) is 0 Å². The smallest absolute Gasteiger partial charge is 0.218 e. The lowest BCUT2D eigenvalue weighted by Crippen LogP contribution is -2.33. The summed E-state index contributed by atoms with van der Waals surface area (Å²) in [6, 6.07) is 2.23. The van der Waals surface area contributed by atoms with Gasteiger partial charge in [-0.1, -0.05) is 13.8 Å². The maximum atomic E-state index is 5.60. The molecule has 5 heteroatoms. The van der Waals surface area contributed by atoms with Crippen molar-refractivity contribution in [1.29, 1.82) is 0 Å². The Bertz CT molecular complexity index is 383. The number of nitrogens with one attached hydrogen (secondary N) is 1. The van der Waals surface area contributed by atoms with Crippen molar-refractivity contribution in [2.45, 2.75) is 46.3 Å². The standard InChI is InChI=1S/C15H28N4O/c1-11(2)7-13(9-19(5)6)18-14-8-15(17-10-16-14)20-12(3)4/h8,10-13H,7,9H2,1-6H3,(H,16,17,18). The van der Waals surface area contributed by atoms with Gasteiger partial charge in [-0.15, -0.1) is 0 Å². The van der Waals surface area contributed by atoms with Gasteiger partial charge >= 0.3 is 0 Å². The van der Waals surface area contributed by atoms with Gasteiger partial charge in [-0.3, -0.25) is 0 Å². The third kappa shape index (κ3) is 6.70. The van der Waals surface area contributed by atoms with Crippen molar-refractivity contribution in [2.75, 3.05) is 26.0 Å². The van der Waals surface area contributed by atoms with Crippen LogP contribution in [0.2, 0.25) is 0 Å². The first kappa shape index (κ1) is 16.7. The van der Waals surface area contributed by atoms with E-state index in [1.807, 2.05) is 19.9 Å². The van der Waals surface area contributed by atoms with Crippen LogP contribution in [0.25, 0.3) is 0 Å². The Balaban J connectivity index is 2.71. The zero-order chi connectivity index (χ0) is 15.1. The molecule has 0 aliphatic heterocycles. The van der Waals surface area contributed by atoms with E-state index in [1.54, 1.807) is 6.33 Å². The second-order valence-electron chi connectivity index (χ2n) is 6.14. The van der Waals surface area contributed by atoms with Crippen LogP contribution in [0.4, 0.5) is 5.82 Å². The van der Waals surface area contributed by atoms with Gasteiger partial charge in [-0.25, -0.2) is 9.97 Å². The summed E-state index contributed by atoms with van der Waals surface area (Å²) in [5.41, 5.74) is 0. The number of nitrogens with zero attached hydrogens (tertiary/aromatic N) is 3. The van der Waals surface area contributed by atoms with Crippen molar-refractivity contribution in [2.24, 2.45) is 5.92 Å². The fourth-order valence-electron chi connectivity index (χ4n) is 2.12. The average Bonchev–Trinajstić information content (AvgIpc) is 2.26. The molecule has 0 saturated heterocycles. The minimum absolute atomic E-state index is 0.117. The molecule has 114 valence electrons. The number of anilines is 1. The van der Waals surface area contributed by atoms with Gasteiger partial charge in [0.25, 0.3) is 0 Å². The van der Waals surface area contributed by atoms with Crippen molar-refractivity contribution in [3.8, 4) is 5.88 Å². The predicted molar refractivity (Wildman–Crippen MR) is 83.2 cm³/mol. The van der Waals surface area contributed by atoms with E-state index in [2.05, 4.69) is 48.1 Å². The Morgan fingerprint density at radius 2 is 1.90 bits per heavy atom. The molecule has 0 aliphatic carbocycles. The van der Waals surface area contributed by atoms with E-state index < -0.39 is 0 Å². The fourth-order valence-corrected chi connectivity index (χ4v) is 2.12. The normalized spacial score (nSPS) is 13.1. The van der Waals surface area contributed by atoms with Crippen LogP contribution < -0.4 is 10.1 Å². The van der Waals surface area contributed by atoms with Crippen LogP contribution in [-0.4, -0.2) is 47.7 Å². The minimum Gasteiger partial charge on any atom is -0.475 e. The van der Waals surface area contributed by atoms with E-state index in [9.17, 15) is 0 Å². The van der Waals surface area contributed by atoms with Gasteiger partial charge in [0.1, 0.15) is 12.1 Å². The van der Waals surface area contributed by atoms with Crippen molar-refractivity contribution < 1.29 is 4.74 Å². The molecule has 0 amide bonds. The number of aromatic nitrogens is 2. The predicted octanol–water partition coefficient (Wildman–Crippen LogP) is 2.65. The molecule has 5 nitrogen and oxygen atoms in total. The Morgan fingerprint density at radius 1 is 1.20 bits per heavy atom. The molecule has 0 spiro atoms. The van der Waals surface area contributed by atoms with Crippen LogP contribution in [-0.2, 0) is 0 Å². The molecule has 20 heavy (non-hydrogen) atoms. The third-order valence-electron chi connectivity index (χ3n) is 2.69. The highest BCUT2D eigenvalue weighted by molar-refractivity contribution is 5.38. The SMILES string of the molecule is CC(C)CC(CN(C)C)Nc1cc(OC(C)C)ncn1. The largest absolute Gasteiger partial charge is 0.475 e.